The number of aliphatic hydroxyl groups is 1. The molecule has 4 aliphatic carbocycles. The quantitative estimate of drug-likeness (QED) is 0.458. The van der Waals surface area contributed by atoms with E-state index in [0.717, 1.165) is 55.6 Å². The summed E-state index contributed by atoms with van der Waals surface area (Å²) < 4.78 is 14.6. The van der Waals surface area contributed by atoms with Crippen LogP contribution in [0.1, 0.15) is 65.2 Å². The van der Waals surface area contributed by atoms with Gasteiger partial charge in [0.1, 0.15) is 0 Å². The number of carbonyl (C=O) groups is 1. The smallest absolute Gasteiger partial charge is 0.163 e. The summed E-state index contributed by atoms with van der Waals surface area (Å²) in [7, 11) is -3.04. The highest BCUT2D eigenvalue weighted by Gasteiger charge is 2.63. The molecule has 194 valence electrons. The van der Waals surface area contributed by atoms with E-state index in [1.165, 1.54) is 5.57 Å². The maximum atomic E-state index is 14.6. The normalized spacial score (nSPS) is 37.5. The first-order chi connectivity index (χ1) is 17.7. The first-order valence-corrected chi connectivity index (χ1v) is 15.8. The van der Waals surface area contributed by atoms with Crippen LogP contribution in [0.4, 0.5) is 0 Å². The second-order valence-electron chi connectivity index (χ2n) is 12.5. The standard InChI is InChI=1S/C33H39O3P/c1-31-18-15-25(34)23-24(31)13-14-28-29(31)16-19-32(2)30(28)17-20-33(32,35)21-22-37(36,26-9-5-3-6-10-26)27-11-7-4-8-12-27/h3-12,21-23,28-30,35H,13-20H2,1-2H3/b22-21+/t28-,29+,30+,31+,32+,33-/m1/s1. The molecule has 0 unspecified atom stereocenters. The van der Waals surface area contributed by atoms with E-state index in [0.29, 0.717) is 30.0 Å². The summed E-state index contributed by atoms with van der Waals surface area (Å²) in [5.74, 6) is 3.77. The second kappa shape index (κ2) is 8.92. The summed E-state index contributed by atoms with van der Waals surface area (Å²) in [6, 6.07) is 19.4. The van der Waals surface area contributed by atoms with Gasteiger partial charge in [-0.15, -0.1) is 0 Å². The van der Waals surface area contributed by atoms with Gasteiger partial charge in [0.25, 0.3) is 0 Å². The Kier molecular flexibility index (Phi) is 6.05. The molecular weight excluding hydrogens is 475 g/mol. The number of rotatable bonds is 4. The predicted molar refractivity (Wildman–Crippen MR) is 151 cm³/mol. The van der Waals surface area contributed by atoms with Crippen molar-refractivity contribution in [2.75, 3.05) is 0 Å². The fourth-order valence-corrected chi connectivity index (χ4v) is 11.1. The van der Waals surface area contributed by atoms with Crippen molar-refractivity contribution in [1.82, 2.24) is 0 Å². The Balaban J connectivity index is 1.33. The lowest BCUT2D eigenvalue weighted by atomic mass is 9.46. The lowest BCUT2D eigenvalue weighted by Gasteiger charge is -2.59. The third-order valence-corrected chi connectivity index (χ3v) is 13.7. The summed E-state index contributed by atoms with van der Waals surface area (Å²) in [5.41, 5.74) is 0.311. The summed E-state index contributed by atoms with van der Waals surface area (Å²) in [4.78, 5) is 12.2. The van der Waals surface area contributed by atoms with Crippen molar-refractivity contribution < 1.29 is 14.5 Å². The molecule has 4 aliphatic rings. The number of ketones is 1. The van der Waals surface area contributed by atoms with E-state index in [2.05, 4.69) is 13.8 Å². The molecule has 0 aromatic heterocycles. The zero-order valence-corrected chi connectivity index (χ0v) is 23.0. The molecule has 1 N–H and O–H groups in total. The number of carbonyl (C=O) groups excluding carboxylic acids is 1. The van der Waals surface area contributed by atoms with Crippen molar-refractivity contribution >= 4 is 23.5 Å². The van der Waals surface area contributed by atoms with Gasteiger partial charge in [0.2, 0.25) is 0 Å². The molecule has 0 aliphatic heterocycles. The van der Waals surface area contributed by atoms with E-state index in [-0.39, 0.29) is 10.8 Å². The maximum Gasteiger partial charge on any atom is 0.163 e. The Morgan fingerprint density at radius 2 is 1.46 bits per heavy atom. The minimum atomic E-state index is -3.04. The van der Waals surface area contributed by atoms with Crippen molar-refractivity contribution in [1.29, 1.82) is 0 Å². The zero-order chi connectivity index (χ0) is 25.9. The molecule has 37 heavy (non-hydrogen) atoms. The molecule has 6 rings (SSSR count). The van der Waals surface area contributed by atoms with Crippen LogP contribution in [0.2, 0.25) is 0 Å². The lowest BCUT2D eigenvalue weighted by molar-refractivity contribution is -0.120. The highest BCUT2D eigenvalue weighted by molar-refractivity contribution is 7.81. The van der Waals surface area contributed by atoms with Crippen LogP contribution >= 0.6 is 7.14 Å². The van der Waals surface area contributed by atoms with Gasteiger partial charge >= 0.3 is 0 Å². The van der Waals surface area contributed by atoms with Crippen molar-refractivity contribution in [3.8, 4) is 0 Å². The van der Waals surface area contributed by atoms with Crippen LogP contribution in [0.25, 0.3) is 0 Å². The molecule has 3 nitrogen and oxygen atoms in total. The molecule has 0 spiro atoms. The van der Waals surface area contributed by atoms with Gasteiger partial charge in [0.15, 0.2) is 12.9 Å². The van der Waals surface area contributed by atoms with Gasteiger partial charge in [-0.2, -0.15) is 0 Å². The van der Waals surface area contributed by atoms with Crippen LogP contribution in [-0.2, 0) is 9.36 Å². The zero-order valence-electron chi connectivity index (χ0n) is 22.1. The summed E-state index contributed by atoms with van der Waals surface area (Å²) in [6.45, 7) is 4.70. The Morgan fingerprint density at radius 1 is 0.838 bits per heavy atom. The molecule has 2 aromatic carbocycles. The third-order valence-electron chi connectivity index (χ3n) is 11.0. The monoisotopic (exact) mass is 514 g/mol. The van der Waals surface area contributed by atoms with Crippen molar-refractivity contribution in [2.24, 2.45) is 28.6 Å². The Hall–Kier alpha value is -2.22. The molecule has 0 radical (unpaired) electrons. The molecule has 6 atom stereocenters. The molecule has 0 heterocycles. The minimum Gasteiger partial charge on any atom is -0.385 e. The summed E-state index contributed by atoms with van der Waals surface area (Å²) in [5, 5.41) is 13.9. The molecule has 0 saturated heterocycles. The van der Waals surface area contributed by atoms with E-state index in [4.69, 9.17) is 0 Å². The van der Waals surface area contributed by atoms with E-state index in [9.17, 15) is 14.5 Å². The van der Waals surface area contributed by atoms with Crippen LogP contribution in [0.5, 0.6) is 0 Å². The van der Waals surface area contributed by atoms with E-state index in [1.54, 1.807) is 0 Å². The fourth-order valence-electron chi connectivity index (χ4n) is 8.73. The highest BCUT2D eigenvalue weighted by Crippen LogP contribution is 2.68. The largest absolute Gasteiger partial charge is 0.385 e. The average molecular weight is 515 g/mol. The fraction of sp³-hybridized carbons (Fsp3) is 0.485. The van der Waals surface area contributed by atoms with E-state index < -0.39 is 12.7 Å². The molecule has 3 fully saturated rings. The Morgan fingerprint density at radius 3 is 2.11 bits per heavy atom. The SMILES string of the molecule is C[C@]12CCC(=O)C=C1CC[C@@H]1[C@@H]2CC[C@@]2(C)[C@H]1CC[C@@]2(O)/C=C/P(=O)(c1ccccc1)c1ccccc1. The topological polar surface area (TPSA) is 54.4 Å². The first-order valence-electron chi connectivity index (χ1n) is 14.1. The molecule has 4 heteroatoms. The number of hydrogen-bond donors (Lipinski definition) is 1. The Bertz CT molecular complexity index is 1250. The van der Waals surface area contributed by atoms with Gasteiger partial charge < -0.3 is 9.67 Å². The van der Waals surface area contributed by atoms with Gasteiger partial charge in [-0.05, 0) is 86.1 Å². The van der Waals surface area contributed by atoms with E-state index >= 15 is 0 Å². The third kappa shape index (κ3) is 3.80. The van der Waals surface area contributed by atoms with Gasteiger partial charge in [0.05, 0.1) is 5.60 Å². The molecule has 0 amide bonds. The van der Waals surface area contributed by atoms with Crippen LogP contribution in [0.3, 0.4) is 0 Å². The number of benzene rings is 2. The maximum absolute atomic E-state index is 14.6. The predicted octanol–water partition coefficient (Wildman–Crippen LogP) is 6.78. The van der Waals surface area contributed by atoms with Crippen molar-refractivity contribution in [3.63, 3.8) is 0 Å². The van der Waals surface area contributed by atoms with Gasteiger partial charge in [0, 0.05) is 22.4 Å². The summed E-state index contributed by atoms with van der Waals surface area (Å²) in [6.07, 6.45) is 11.5. The van der Waals surface area contributed by atoms with Gasteiger partial charge in [-0.25, -0.2) is 0 Å². The second-order valence-corrected chi connectivity index (χ2v) is 15.2. The van der Waals surface area contributed by atoms with Crippen molar-refractivity contribution in [2.45, 2.75) is 70.8 Å². The minimum absolute atomic E-state index is 0.130. The summed E-state index contributed by atoms with van der Waals surface area (Å²) >= 11 is 0. The highest BCUT2D eigenvalue weighted by atomic mass is 31.2. The molecule has 3 saturated carbocycles. The van der Waals surface area contributed by atoms with Gasteiger partial charge in [-0.3, -0.25) is 4.79 Å². The van der Waals surface area contributed by atoms with Crippen LogP contribution in [0, 0.1) is 28.6 Å². The van der Waals surface area contributed by atoms with Crippen molar-refractivity contribution in [3.05, 3.63) is 84.2 Å². The molecule has 2 aromatic rings. The van der Waals surface area contributed by atoms with Crippen LogP contribution in [0.15, 0.2) is 84.2 Å². The molecule has 0 bridgehead atoms. The van der Waals surface area contributed by atoms with E-state index in [1.807, 2.05) is 78.6 Å². The number of allylic oxidation sites excluding steroid dienone is 1. The average Bonchev–Trinajstić information content (AvgIpc) is 3.19. The van der Waals surface area contributed by atoms with Gasteiger partial charge in [-0.1, -0.05) is 80.1 Å². The first kappa shape index (κ1) is 25.1. The molecular formula is C33H39O3P. The van der Waals surface area contributed by atoms with Crippen LogP contribution < -0.4 is 10.6 Å². The number of fused-ring (bicyclic) bond motifs is 5. The number of hydrogen-bond acceptors (Lipinski definition) is 3. The Labute approximate surface area is 221 Å². The van der Waals surface area contributed by atoms with Crippen LogP contribution in [-0.4, -0.2) is 16.5 Å². The lowest BCUT2D eigenvalue weighted by Crippen LogP contribution is -2.54.